The van der Waals surface area contributed by atoms with Crippen molar-refractivity contribution in [3.63, 3.8) is 0 Å². The zero-order valence-corrected chi connectivity index (χ0v) is 5.64. The number of pyridine rings is 1. The van der Waals surface area contributed by atoms with Crippen LogP contribution >= 0.6 is 0 Å². The second-order valence-electron chi connectivity index (χ2n) is 2.13. The first-order valence-electron chi connectivity index (χ1n) is 2.86. The van der Waals surface area contributed by atoms with Gasteiger partial charge in [-0.15, -0.1) is 0 Å². The molecule has 0 bridgehead atoms. The number of H-pyrrole nitrogens is 1. The molecule has 0 fully saturated rings. The molecule has 0 spiro atoms. The highest BCUT2D eigenvalue weighted by molar-refractivity contribution is 5.51. The third kappa shape index (κ3) is 0.953. The molecule has 5 N–H and O–H groups in total. The lowest BCUT2D eigenvalue weighted by Gasteiger charge is -1.98. The number of anilines is 2. The zero-order valence-electron chi connectivity index (χ0n) is 5.64. The molecule has 1 rings (SSSR count). The van der Waals surface area contributed by atoms with Crippen molar-refractivity contribution >= 4 is 11.4 Å². The molecule has 0 amide bonds. The summed E-state index contributed by atoms with van der Waals surface area (Å²) in [5, 5.41) is 0. The number of hydrogen-bond donors (Lipinski definition) is 3. The Morgan fingerprint density at radius 1 is 1.40 bits per heavy atom. The monoisotopic (exact) mass is 139 g/mol. The number of nitrogens with one attached hydrogen (secondary N) is 1. The molecular formula is C6H9N3O. The Morgan fingerprint density at radius 2 is 2.00 bits per heavy atom. The van der Waals surface area contributed by atoms with Gasteiger partial charge in [-0.25, -0.2) is 0 Å². The first-order chi connectivity index (χ1) is 4.61. The molecule has 1 heterocycles. The quantitative estimate of drug-likeness (QED) is 0.467. The summed E-state index contributed by atoms with van der Waals surface area (Å²) in [6, 6.07) is 1.45. The molecule has 0 aliphatic heterocycles. The Kier molecular flexibility index (Phi) is 1.37. The molecule has 54 valence electrons. The van der Waals surface area contributed by atoms with Gasteiger partial charge in [0, 0.05) is 5.69 Å². The number of nitrogen functional groups attached to an aromatic ring is 2. The van der Waals surface area contributed by atoms with Crippen LogP contribution in [-0.2, 0) is 0 Å². The third-order valence-corrected chi connectivity index (χ3v) is 1.31. The van der Waals surface area contributed by atoms with Gasteiger partial charge in [0.2, 0.25) is 0 Å². The standard InChI is InChI=1S/C6H9N3O/c1-3-4(7)2-5(8)6(10)9-3/h2H,7-8H2,1H3,(H,9,10). The van der Waals surface area contributed by atoms with E-state index in [1.165, 1.54) is 6.07 Å². The van der Waals surface area contributed by atoms with E-state index in [1.54, 1.807) is 6.92 Å². The van der Waals surface area contributed by atoms with Gasteiger partial charge in [-0.05, 0) is 13.0 Å². The van der Waals surface area contributed by atoms with Crippen molar-refractivity contribution in [2.75, 3.05) is 11.5 Å². The summed E-state index contributed by atoms with van der Waals surface area (Å²) < 4.78 is 0. The predicted octanol–water partition coefficient (Wildman–Crippen LogP) is -0.152. The average molecular weight is 139 g/mol. The van der Waals surface area contributed by atoms with E-state index in [9.17, 15) is 4.79 Å². The van der Waals surface area contributed by atoms with Crippen molar-refractivity contribution in [3.05, 3.63) is 22.1 Å². The molecule has 10 heavy (non-hydrogen) atoms. The van der Waals surface area contributed by atoms with Crippen molar-refractivity contribution in [3.8, 4) is 0 Å². The van der Waals surface area contributed by atoms with E-state index in [0.717, 1.165) is 0 Å². The lowest BCUT2D eigenvalue weighted by molar-refractivity contribution is 1.15. The third-order valence-electron chi connectivity index (χ3n) is 1.31. The number of hydrogen-bond acceptors (Lipinski definition) is 3. The fraction of sp³-hybridized carbons (Fsp3) is 0.167. The number of aromatic nitrogens is 1. The molecule has 0 aliphatic carbocycles. The van der Waals surface area contributed by atoms with E-state index in [1.807, 2.05) is 0 Å². The highest BCUT2D eigenvalue weighted by Crippen LogP contribution is 2.05. The minimum absolute atomic E-state index is 0.156. The first kappa shape index (κ1) is 6.67. The largest absolute Gasteiger partial charge is 0.397 e. The molecule has 0 atom stereocenters. The molecule has 4 heteroatoms. The molecule has 0 radical (unpaired) electrons. The predicted molar refractivity (Wildman–Crippen MR) is 40.6 cm³/mol. The van der Waals surface area contributed by atoms with Gasteiger partial charge in [0.15, 0.2) is 0 Å². The summed E-state index contributed by atoms with van der Waals surface area (Å²) in [6.45, 7) is 1.72. The SMILES string of the molecule is Cc1[nH]c(=O)c(N)cc1N. The molecule has 1 aromatic heterocycles. The van der Waals surface area contributed by atoms with Gasteiger partial charge in [-0.3, -0.25) is 4.79 Å². The van der Waals surface area contributed by atoms with Gasteiger partial charge in [0.1, 0.15) is 0 Å². The van der Waals surface area contributed by atoms with E-state index >= 15 is 0 Å². The van der Waals surface area contributed by atoms with Gasteiger partial charge in [0.05, 0.1) is 11.4 Å². The number of rotatable bonds is 0. The summed E-state index contributed by atoms with van der Waals surface area (Å²) in [7, 11) is 0. The summed E-state index contributed by atoms with van der Waals surface area (Å²) in [5.41, 5.74) is 11.7. The van der Waals surface area contributed by atoms with Gasteiger partial charge in [-0.1, -0.05) is 0 Å². The Labute approximate surface area is 57.9 Å². The lowest BCUT2D eigenvalue weighted by atomic mass is 10.3. The molecule has 0 aliphatic rings. The second kappa shape index (κ2) is 2.06. The molecule has 0 saturated heterocycles. The maximum absolute atomic E-state index is 10.8. The topological polar surface area (TPSA) is 84.9 Å². The van der Waals surface area contributed by atoms with E-state index in [4.69, 9.17) is 11.5 Å². The van der Waals surface area contributed by atoms with Gasteiger partial charge in [0.25, 0.3) is 5.56 Å². The van der Waals surface area contributed by atoms with Crippen LogP contribution in [0.25, 0.3) is 0 Å². The Balaban J connectivity index is 3.43. The molecule has 0 saturated carbocycles. The smallest absolute Gasteiger partial charge is 0.271 e. The zero-order chi connectivity index (χ0) is 7.72. The minimum atomic E-state index is -0.285. The van der Waals surface area contributed by atoms with Crippen LogP contribution in [0, 0.1) is 6.92 Å². The van der Waals surface area contributed by atoms with E-state index in [0.29, 0.717) is 11.4 Å². The Hall–Kier alpha value is -1.45. The fourth-order valence-corrected chi connectivity index (χ4v) is 0.656. The van der Waals surface area contributed by atoms with Crippen molar-refractivity contribution < 1.29 is 0 Å². The summed E-state index contributed by atoms with van der Waals surface area (Å²) in [6.07, 6.45) is 0. The number of nitrogens with two attached hydrogens (primary N) is 2. The van der Waals surface area contributed by atoms with E-state index < -0.39 is 0 Å². The molecule has 4 nitrogen and oxygen atoms in total. The molecule has 0 aromatic carbocycles. The first-order valence-corrected chi connectivity index (χ1v) is 2.86. The summed E-state index contributed by atoms with van der Waals surface area (Å²) >= 11 is 0. The lowest BCUT2D eigenvalue weighted by Crippen LogP contribution is -2.13. The highest BCUT2D eigenvalue weighted by Gasteiger charge is 1.96. The maximum Gasteiger partial charge on any atom is 0.271 e. The van der Waals surface area contributed by atoms with E-state index in [-0.39, 0.29) is 11.2 Å². The van der Waals surface area contributed by atoms with Crippen LogP contribution in [0.1, 0.15) is 5.69 Å². The van der Waals surface area contributed by atoms with Gasteiger partial charge >= 0.3 is 0 Å². The molecule has 0 unspecified atom stereocenters. The summed E-state index contributed by atoms with van der Waals surface area (Å²) in [5.74, 6) is 0. The maximum atomic E-state index is 10.8. The fourth-order valence-electron chi connectivity index (χ4n) is 0.656. The second-order valence-corrected chi connectivity index (χ2v) is 2.13. The van der Waals surface area contributed by atoms with Crippen molar-refractivity contribution in [2.45, 2.75) is 6.92 Å². The van der Waals surface area contributed by atoms with E-state index in [2.05, 4.69) is 4.98 Å². The highest BCUT2D eigenvalue weighted by atomic mass is 16.1. The van der Waals surface area contributed by atoms with Crippen molar-refractivity contribution in [1.82, 2.24) is 4.98 Å². The number of aryl methyl sites for hydroxylation is 1. The average Bonchev–Trinajstić information content (AvgIpc) is 1.84. The van der Waals surface area contributed by atoms with Crippen LogP contribution in [0.3, 0.4) is 0 Å². The normalized spacial score (nSPS) is 9.70. The minimum Gasteiger partial charge on any atom is -0.397 e. The van der Waals surface area contributed by atoms with Crippen LogP contribution in [0.5, 0.6) is 0 Å². The number of aromatic amines is 1. The van der Waals surface area contributed by atoms with Crippen molar-refractivity contribution in [1.29, 1.82) is 0 Å². The van der Waals surface area contributed by atoms with Crippen molar-refractivity contribution in [2.24, 2.45) is 0 Å². The van der Waals surface area contributed by atoms with Crippen LogP contribution in [0.15, 0.2) is 10.9 Å². The molecular weight excluding hydrogens is 130 g/mol. The van der Waals surface area contributed by atoms with Crippen LogP contribution in [-0.4, -0.2) is 4.98 Å². The Morgan fingerprint density at radius 3 is 2.50 bits per heavy atom. The van der Waals surface area contributed by atoms with Gasteiger partial charge < -0.3 is 16.5 Å². The Bertz CT molecular complexity index is 302. The van der Waals surface area contributed by atoms with Gasteiger partial charge in [-0.2, -0.15) is 0 Å². The summed E-state index contributed by atoms with van der Waals surface area (Å²) in [4.78, 5) is 13.3. The van der Waals surface area contributed by atoms with Crippen LogP contribution in [0.2, 0.25) is 0 Å². The van der Waals surface area contributed by atoms with Crippen LogP contribution < -0.4 is 17.0 Å². The van der Waals surface area contributed by atoms with Crippen LogP contribution in [0.4, 0.5) is 11.4 Å². The molecule has 1 aromatic rings.